The monoisotopic (exact) mass is 1030 g/mol. The Kier molecular flexibility index (Phi) is 41.8. The molecule has 0 aromatic rings. The molecule has 0 bridgehead atoms. The van der Waals surface area contributed by atoms with Gasteiger partial charge in [-0.05, 0) is 70.6 Å². The van der Waals surface area contributed by atoms with E-state index < -0.39 is 80.7 Å². The Morgan fingerprint density at radius 1 is 0.458 bits per heavy atom. The van der Waals surface area contributed by atoms with E-state index in [0.717, 1.165) is 51.4 Å². The van der Waals surface area contributed by atoms with Gasteiger partial charge in [0.2, 0.25) is 0 Å². The fourth-order valence-electron chi connectivity index (χ4n) is 9.13. The van der Waals surface area contributed by atoms with Crippen LogP contribution in [0.15, 0.2) is 36.5 Å². The van der Waals surface area contributed by atoms with Crippen LogP contribution in [0.4, 0.5) is 0 Å². The predicted molar refractivity (Wildman–Crippen MR) is 284 cm³/mol. The number of rotatable bonds is 47. The maximum atomic E-state index is 13.1. The zero-order valence-electron chi connectivity index (χ0n) is 45.2. The van der Waals surface area contributed by atoms with Crippen LogP contribution in [0.2, 0.25) is 0 Å². The Hall–Kier alpha value is -1.79. The minimum atomic E-state index is -1.71. The van der Waals surface area contributed by atoms with Crippen molar-refractivity contribution in [2.75, 3.05) is 33.0 Å². The molecule has 0 aromatic heterocycles. The van der Waals surface area contributed by atoms with Crippen LogP contribution in [-0.4, -0.2) is 142 Å². The molecule has 14 heteroatoms. The molecule has 0 radical (unpaired) electrons. The van der Waals surface area contributed by atoms with Crippen LogP contribution in [0.5, 0.6) is 0 Å². The Morgan fingerprint density at radius 2 is 0.861 bits per heavy atom. The molecule has 0 aromatic carbocycles. The molecule has 11 unspecified atom stereocenters. The first-order valence-electron chi connectivity index (χ1n) is 29.1. The highest BCUT2D eigenvalue weighted by atomic mass is 16.7. The number of carbonyl (C=O) groups is 1. The molecule has 0 spiro atoms. The Morgan fingerprint density at radius 3 is 1.38 bits per heavy atom. The smallest absolute Gasteiger partial charge is 0.306 e. The fraction of sp³-hybridized carbons (Fsp3) is 0.879. The summed E-state index contributed by atoms with van der Waals surface area (Å²) in [6, 6.07) is 0. The molecule has 0 amide bonds. The lowest BCUT2D eigenvalue weighted by Gasteiger charge is -2.42. The van der Waals surface area contributed by atoms with Gasteiger partial charge in [-0.2, -0.15) is 0 Å². The van der Waals surface area contributed by atoms with Crippen LogP contribution in [0.1, 0.15) is 226 Å². The van der Waals surface area contributed by atoms with Gasteiger partial charge in [-0.15, -0.1) is 0 Å². The minimum Gasteiger partial charge on any atom is -0.457 e. The third kappa shape index (κ3) is 31.9. The maximum Gasteiger partial charge on any atom is 0.306 e. The summed E-state index contributed by atoms with van der Waals surface area (Å²) in [6.45, 7) is 3.68. The van der Waals surface area contributed by atoms with Gasteiger partial charge in [-0.25, -0.2) is 0 Å². The van der Waals surface area contributed by atoms with Crippen molar-refractivity contribution < 1.29 is 69.0 Å². The molecule has 2 fully saturated rings. The quantitative estimate of drug-likeness (QED) is 0.0172. The molecule has 11 atom stereocenters. The van der Waals surface area contributed by atoms with E-state index in [1.807, 2.05) is 0 Å². The lowest BCUT2D eigenvalue weighted by molar-refractivity contribution is -0.332. The van der Waals surface area contributed by atoms with Gasteiger partial charge in [-0.3, -0.25) is 4.79 Å². The first-order valence-corrected chi connectivity index (χ1v) is 29.1. The number of aliphatic hydroxyl groups is 7. The Labute approximate surface area is 436 Å². The SMILES string of the molecule is CCCCC/C=C\C/C=C\CCCCCCCCCCCC(=O)OC(COCCCCCCCCCC/C=C\CCCCCCCCC)COC1OC(COC2OC(CO)C(O)C(O)C2O)C(O)C(O)C1O. The Balaban J connectivity index is 1.72. The highest BCUT2D eigenvalue weighted by Crippen LogP contribution is 2.27. The van der Waals surface area contributed by atoms with Crippen LogP contribution in [-0.2, 0) is 33.2 Å². The van der Waals surface area contributed by atoms with Crippen LogP contribution in [0.25, 0.3) is 0 Å². The van der Waals surface area contributed by atoms with Crippen LogP contribution in [0, 0.1) is 0 Å². The molecule has 0 saturated carbocycles. The average Bonchev–Trinajstić information content (AvgIpc) is 3.38. The van der Waals surface area contributed by atoms with E-state index in [0.29, 0.717) is 13.0 Å². The molecular formula is C58H106O14. The minimum absolute atomic E-state index is 0.0592. The second-order valence-electron chi connectivity index (χ2n) is 20.5. The zero-order valence-corrected chi connectivity index (χ0v) is 45.2. The third-order valence-electron chi connectivity index (χ3n) is 13.9. The van der Waals surface area contributed by atoms with Crippen LogP contribution < -0.4 is 0 Å². The van der Waals surface area contributed by atoms with Crippen molar-refractivity contribution >= 4 is 5.97 Å². The first kappa shape index (κ1) is 66.3. The summed E-state index contributed by atoms with van der Waals surface area (Å²) >= 11 is 0. The van der Waals surface area contributed by atoms with E-state index in [-0.39, 0.29) is 25.6 Å². The van der Waals surface area contributed by atoms with E-state index in [4.69, 9.17) is 28.4 Å². The number of hydrogen-bond acceptors (Lipinski definition) is 14. The maximum absolute atomic E-state index is 13.1. The summed E-state index contributed by atoms with van der Waals surface area (Å²) in [5.74, 6) is -0.380. The van der Waals surface area contributed by atoms with Gasteiger partial charge in [0.25, 0.3) is 0 Å². The van der Waals surface area contributed by atoms with Crippen LogP contribution >= 0.6 is 0 Å². The molecule has 422 valence electrons. The first-order chi connectivity index (χ1) is 35.1. The summed E-state index contributed by atoms with van der Waals surface area (Å²) in [5.41, 5.74) is 0. The van der Waals surface area contributed by atoms with Gasteiger partial charge in [0.1, 0.15) is 54.9 Å². The lowest BCUT2D eigenvalue weighted by Crippen LogP contribution is -2.61. The molecular weight excluding hydrogens is 921 g/mol. The van der Waals surface area contributed by atoms with E-state index in [1.165, 1.54) is 148 Å². The molecule has 2 rings (SSSR count). The summed E-state index contributed by atoms with van der Waals surface area (Å²) < 4.78 is 34.4. The molecule has 72 heavy (non-hydrogen) atoms. The summed E-state index contributed by atoms with van der Waals surface area (Å²) in [7, 11) is 0. The molecule has 14 nitrogen and oxygen atoms in total. The van der Waals surface area contributed by atoms with Crippen molar-refractivity contribution in [3.05, 3.63) is 36.5 Å². The highest BCUT2D eigenvalue weighted by molar-refractivity contribution is 5.69. The van der Waals surface area contributed by atoms with Gasteiger partial charge >= 0.3 is 5.97 Å². The van der Waals surface area contributed by atoms with Gasteiger partial charge in [0.05, 0.1) is 26.4 Å². The standard InChI is InChI=1S/C58H106O14/c1-3-5-7-9-11-13-15-17-19-21-23-25-27-29-31-33-35-37-39-41-50(60)70-47(44-67-42-40-38-36-34-32-30-28-26-24-22-20-18-16-14-12-10-8-6-4-2)45-68-57-56(66)54(64)52(62)49(72-57)46-69-58-55(65)53(63)51(61)48(43-59)71-58/h11,13,17,19-20,22,47-49,51-59,61-66H,3-10,12,14-16,18,21,23-46H2,1-2H3/b13-11-,19-17-,22-20-. The van der Waals surface area contributed by atoms with Crippen molar-refractivity contribution in [1.82, 2.24) is 0 Å². The zero-order chi connectivity index (χ0) is 52.3. The molecule has 2 aliphatic heterocycles. The molecule has 2 aliphatic rings. The summed E-state index contributed by atoms with van der Waals surface area (Å²) in [6.07, 6.45) is 36.2. The largest absolute Gasteiger partial charge is 0.457 e. The summed E-state index contributed by atoms with van der Waals surface area (Å²) in [5, 5.41) is 72.3. The number of aliphatic hydroxyl groups excluding tert-OH is 7. The predicted octanol–water partition coefficient (Wildman–Crippen LogP) is 10.1. The average molecular weight is 1030 g/mol. The van der Waals surface area contributed by atoms with E-state index in [1.54, 1.807) is 0 Å². The summed E-state index contributed by atoms with van der Waals surface area (Å²) in [4.78, 5) is 13.1. The van der Waals surface area contributed by atoms with Crippen molar-refractivity contribution in [3.8, 4) is 0 Å². The lowest BCUT2D eigenvalue weighted by atomic mass is 9.98. The van der Waals surface area contributed by atoms with E-state index in [9.17, 15) is 40.5 Å². The number of carbonyl (C=O) groups excluding carboxylic acids is 1. The number of unbranched alkanes of at least 4 members (excludes halogenated alkanes) is 27. The van der Waals surface area contributed by atoms with Gasteiger partial charge in [0, 0.05) is 13.0 Å². The van der Waals surface area contributed by atoms with Crippen molar-refractivity contribution in [1.29, 1.82) is 0 Å². The second-order valence-corrected chi connectivity index (χ2v) is 20.5. The third-order valence-corrected chi connectivity index (χ3v) is 13.9. The molecule has 0 aliphatic carbocycles. The normalized spacial score (nSPS) is 25.3. The topological polar surface area (TPSA) is 214 Å². The fourth-order valence-corrected chi connectivity index (χ4v) is 9.13. The van der Waals surface area contributed by atoms with Crippen molar-refractivity contribution in [3.63, 3.8) is 0 Å². The number of allylic oxidation sites excluding steroid dienone is 6. The van der Waals surface area contributed by atoms with E-state index in [2.05, 4.69) is 50.3 Å². The highest BCUT2D eigenvalue weighted by Gasteiger charge is 2.47. The Bertz CT molecular complexity index is 1330. The number of esters is 1. The molecule has 7 N–H and O–H groups in total. The van der Waals surface area contributed by atoms with Crippen LogP contribution in [0.3, 0.4) is 0 Å². The van der Waals surface area contributed by atoms with Crippen molar-refractivity contribution in [2.24, 2.45) is 0 Å². The van der Waals surface area contributed by atoms with Gasteiger partial charge in [-0.1, -0.05) is 185 Å². The van der Waals surface area contributed by atoms with Crippen molar-refractivity contribution in [2.45, 2.75) is 293 Å². The van der Waals surface area contributed by atoms with E-state index >= 15 is 0 Å². The number of ether oxygens (including phenoxy) is 6. The second kappa shape index (κ2) is 45.4. The van der Waals surface area contributed by atoms with Gasteiger partial charge < -0.3 is 64.2 Å². The molecule has 2 saturated heterocycles. The number of hydrogen-bond donors (Lipinski definition) is 7. The molecule has 2 heterocycles. The van der Waals surface area contributed by atoms with Gasteiger partial charge in [0.15, 0.2) is 12.6 Å².